The number of benzene rings is 1. The zero-order valence-corrected chi connectivity index (χ0v) is 10.1. The largest absolute Gasteiger partial charge is 0.357 e. The van der Waals surface area contributed by atoms with Crippen LogP contribution in [0.2, 0.25) is 0 Å². The highest BCUT2D eigenvalue weighted by Crippen LogP contribution is 2.23. The fraction of sp³-hybridized carbons (Fsp3) is 0.0909. The van der Waals surface area contributed by atoms with Gasteiger partial charge in [-0.25, -0.2) is 14.4 Å². The van der Waals surface area contributed by atoms with Gasteiger partial charge in [-0.15, -0.1) is 0 Å². The summed E-state index contributed by atoms with van der Waals surface area (Å²) >= 11 is 3.34. The van der Waals surface area contributed by atoms with Crippen molar-refractivity contribution in [3.05, 3.63) is 40.8 Å². The Hall–Kier alpha value is -1.49. The van der Waals surface area contributed by atoms with E-state index in [0.717, 1.165) is 10.7 Å². The second-order valence-corrected chi connectivity index (χ2v) is 4.07. The number of halogens is 2. The Kier molecular flexibility index (Phi) is 3.14. The molecule has 0 radical (unpaired) electrons. The van der Waals surface area contributed by atoms with Gasteiger partial charge in [0.1, 0.15) is 5.69 Å². The Balaban J connectivity index is 2.54. The van der Waals surface area contributed by atoms with Crippen molar-refractivity contribution in [1.29, 1.82) is 0 Å². The van der Waals surface area contributed by atoms with E-state index in [0.29, 0.717) is 17.2 Å². The SMILES string of the molecule is CNc1ncc(F)c(-c2cccc(Br)c2)n1. The van der Waals surface area contributed by atoms with E-state index < -0.39 is 5.82 Å². The molecular formula is C11H9BrFN3. The average Bonchev–Trinajstić information content (AvgIpc) is 2.30. The van der Waals surface area contributed by atoms with Crippen LogP contribution in [0, 0.1) is 5.82 Å². The third kappa shape index (κ3) is 2.19. The minimum Gasteiger partial charge on any atom is -0.357 e. The standard InChI is InChI=1S/C11H9BrFN3/c1-14-11-15-6-9(13)10(16-11)7-3-2-4-8(12)5-7/h2-6H,1H3,(H,14,15,16). The summed E-state index contributed by atoms with van der Waals surface area (Å²) in [5.41, 5.74) is 1.01. The minimum absolute atomic E-state index is 0.292. The van der Waals surface area contributed by atoms with Crippen LogP contribution < -0.4 is 5.32 Å². The van der Waals surface area contributed by atoms with Crippen molar-refractivity contribution in [3.63, 3.8) is 0 Å². The van der Waals surface area contributed by atoms with Gasteiger partial charge in [0.2, 0.25) is 5.95 Å². The first-order valence-electron chi connectivity index (χ1n) is 4.67. The van der Waals surface area contributed by atoms with E-state index in [-0.39, 0.29) is 0 Å². The summed E-state index contributed by atoms with van der Waals surface area (Å²) in [5.74, 6) is -0.0338. The Morgan fingerprint density at radius 3 is 2.88 bits per heavy atom. The van der Waals surface area contributed by atoms with Crippen LogP contribution in [-0.2, 0) is 0 Å². The van der Waals surface area contributed by atoms with Crippen molar-refractivity contribution in [2.75, 3.05) is 12.4 Å². The van der Waals surface area contributed by atoms with E-state index in [1.165, 1.54) is 0 Å². The number of nitrogens with one attached hydrogen (secondary N) is 1. The number of rotatable bonds is 2. The Morgan fingerprint density at radius 2 is 2.19 bits per heavy atom. The van der Waals surface area contributed by atoms with Gasteiger partial charge in [0.05, 0.1) is 6.20 Å². The van der Waals surface area contributed by atoms with Crippen LogP contribution in [0.25, 0.3) is 11.3 Å². The summed E-state index contributed by atoms with van der Waals surface area (Å²) in [6, 6.07) is 7.32. The second-order valence-electron chi connectivity index (χ2n) is 3.15. The second kappa shape index (κ2) is 4.57. The summed E-state index contributed by atoms with van der Waals surface area (Å²) in [5, 5.41) is 2.78. The lowest BCUT2D eigenvalue weighted by atomic mass is 10.1. The number of nitrogens with zero attached hydrogens (tertiary/aromatic N) is 2. The highest BCUT2D eigenvalue weighted by molar-refractivity contribution is 9.10. The van der Waals surface area contributed by atoms with Crippen LogP contribution in [0.4, 0.5) is 10.3 Å². The molecule has 0 aliphatic rings. The maximum absolute atomic E-state index is 13.6. The molecule has 0 amide bonds. The molecule has 0 fully saturated rings. The molecule has 1 N–H and O–H groups in total. The van der Waals surface area contributed by atoms with E-state index in [1.54, 1.807) is 13.1 Å². The van der Waals surface area contributed by atoms with Gasteiger partial charge in [-0.05, 0) is 12.1 Å². The van der Waals surface area contributed by atoms with Crippen LogP contribution in [-0.4, -0.2) is 17.0 Å². The fourth-order valence-electron chi connectivity index (χ4n) is 1.33. The normalized spacial score (nSPS) is 10.2. The lowest BCUT2D eigenvalue weighted by Crippen LogP contribution is -1.99. The molecule has 1 heterocycles. The van der Waals surface area contributed by atoms with Crippen LogP contribution in [0.1, 0.15) is 0 Å². The topological polar surface area (TPSA) is 37.8 Å². The molecule has 0 aliphatic carbocycles. The minimum atomic E-state index is -0.433. The average molecular weight is 282 g/mol. The van der Waals surface area contributed by atoms with Crippen LogP contribution in [0.15, 0.2) is 34.9 Å². The molecule has 1 aromatic heterocycles. The molecule has 2 aromatic rings. The first-order chi connectivity index (χ1) is 7.70. The maximum Gasteiger partial charge on any atom is 0.223 e. The van der Waals surface area contributed by atoms with Crippen molar-refractivity contribution < 1.29 is 4.39 Å². The van der Waals surface area contributed by atoms with E-state index in [2.05, 4.69) is 31.2 Å². The van der Waals surface area contributed by atoms with Crippen molar-refractivity contribution in [1.82, 2.24) is 9.97 Å². The summed E-state index contributed by atoms with van der Waals surface area (Å²) in [6.45, 7) is 0. The molecule has 0 bridgehead atoms. The van der Waals surface area contributed by atoms with Crippen LogP contribution in [0.5, 0.6) is 0 Å². The first kappa shape index (κ1) is 11.0. The fourth-order valence-corrected chi connectivity index (χ4v) is 1.73. The quantitative estimate of drug-likeness (QED) is 0.919. The highest BCUT2D eigenvalue weighted by atomic mass is 79.9. The molecule has 0 spiro atoms. The van der Waals surface area contributed by atoms with Gasteiger partial charge in [0.25, 0.3) is 0 Å². The van der Waals surface area contributed by atoms with Gasteiger partial charge in [0.15, 0.2) is 5.82 Å². The predicted octanol–water partition coefficient (Wildman–Crippen LogP) is 3.09. The van der Waals surface area contributed by atoms with Crippen molar-refractivity contribution in [2.24, 2.45) is 0 Å². The predicted molar refractivity (Wildman–Crippen MR) is 64.7 cm³/mol. The van der Waals surface area contributed by atoms with Crippen molar-refractivity contribution in [2.45, 2.75) is 0 Å². The van der Waals surface area contributed by atoms with Gasteiger partial charge in [-0.3, -0.25) is 0 Å². The lowest BCUT2D eigenvalue weighted by Gasteiger charge is -2.05. The van der Waals surface area contributed by atoms with Crippen LogP contribution >= 0.6 is 15.9 Å². The molecule has 1 aromatic carbocycles. The molecule has 0 aliphatic heterocycles. The summed E-state index contributed by atoms with van der Waals surface area (Å²) in [4.78, 5) is 7.88. The van der Waals surface area contributed by atoms with Gasteiger partial charge >= 0.3 is 0 Å². The third-order valence-electron chi connectivity index (χ3n) is 2.07. The molecule has 82 valence electrons. The van der Waals surface area contributed by atoms with Gasteiger partial charge in [0, 0.05) is 17.1 Å². The Labute approximate surface area is 101 Å². The van der Waals surface area contributed by atoms with Crippen molar-refractivity contribution in [3.8, 4) is 11.3 Å². The molecule has 0 atom stereocenters. The molecule has 5 heteroatoms. The van der Waals surface area contributed by atoms with Gasteiger partial charge < -0.3 is 5.32 Å². The van der Waals surface area contributed by atoms with Gasteiger partial charge in [-0.1, -0.05) is 28.1 Å². The molecular weight excluding hydrogens is 273 g/mol. The van der Waals surface area contributed by atoms with E-state index >= 15 is 0 Å². The molecule has 16 heavy (non-hydrogen) atoms. The molecule has 0 unspecified atom stereocenters. The first-order valence-corrected chi connectivity index (χ1v) is 5.46. The Morgan fingerprint density at radius 1 is 1.38 bits per heavy atom. The maximum atomic E-state index is 13.6. The number of aromatic nitrogens is 2. The summed E-state index contributed by atoms with van der Waals surface area (Å²) in [7, 11) is 1.69. The third-order valence-corrected chi connectivity index (χ3v) is 2.56. The molecule has 3 nitrogen and oxygen atoms in total. The van der Waals surface area contributed by atoms with E-state index in [9.17, 15) is 4.39 Å². The Bertz CT molecular complexity index is 516. The highest BCUT2D eigenvalue weighted by Gasteiger charge is 2.08. The lowest BCUT2D eigenvalue weighted by molar-refractivity contribution is 0.619. The van der Waals surface area contributed by atoms with Crippen molar-refractivity contribution >= 4 is 21.9 Å². The molecule has 0 saturated carbocycles. The number of anilines is 1. The van der Waals surface area contributed by atoms with E-state index in [1.807, 2.05) is 18.2 Å². The summed E-state index contributed by atoms with van der Waals surface area (Å²) < 4.78 is 14.4. The summed E-state index contributed by atoms with van der Waals surface area (Å²) in [6.07, 6.45) is 1.16. The zero-order valence-electron chi connectivity index (χ0n) is 8.54. The number of hydrogen-bond donors (Lipinski definition) is 1. The molecule has 2 rings (SSSR count). The molecule has 0 saturated heterocycles. The van der Waals surface area contributed by atoms with Crippen LogP contribution in [0.3, 0.4) is 0 Å². The van der Waals surface area contributed by atoms with Gasteiger partial charge in [-0.2, -0.15) is 0 Å². The van der Waals surface area contributed by atoms with E-state index in [4.69, 9.17) is 0 Å². The zero-order chi connectivity index (χ0) is 11.5. The number of hydrogen-bond acceptors (Lipinski definition) is 3. The monoisotopic (exact) mass is 281 g/mol. The smallest absolute Gasteiger partial charge is 0.223 e.